The van der Waals surface area contributed by atoms with Gasteiger partial charge in [0.15, 0.2) is 0 Å². The van der Waals surface area contributed by atoms with Crippen molar-refractivity contribution in [2.24, 2.45) is 0 Å². The summed E-state index contributed by atoms with van der Waals surface area (Å²) in [6.45, 7) is 0. The molecule has 0 atom stereocenters. The summed E-state index contributed by atoms with van der Waals surface area (Å²) in [5, 5.41) is 14.9. The zero-order valence-electron chi connectivity index (χ0n) is 10.9. The molecule has 0 saturated heterocycles. The third kappa shape index (κ3) is 2.49. The maximum Gasteiger partial charge on any atom is 0.266 e. The second-order valence-electron chi connectivity index (χ2n) is 4.81. The smallest absolute Gasteiger partial charge is 0.266 e. The Bertz CT molecular complexity index is 665. The standard InChI is InChI=1S/C15H14N2OS2/c16-9-11-10-5-2-1-3-6-12(10)20-15(11)17-14(18)13-7-4-8-19-13/h4,7-8H,1-3,5-6H2,(H,17,18). The van der Waals surface area contributed by atoms with Crippen LogP contribution in [0.3, 0.4) is 0 Å². The summed E-state index contributed by atoms with van der Waals surface area (Å²) in [5.41, 5.74) is 1.84. The van der Waals surface area contributed by atoms with Crippen LogP contribution in [0.15, 0.2) is 17.5 Å². The van der Waals surface area contributed by atoms with Crippen LogP contribution in [0.4, 0.5) is 5.00 Å². The molecule has 3 nitrogen and oxygen atoms in total. The third-order valence-corrected chi connectivity index (χ3v) is 5.58. The van der Waals surface area contributed by atoms with Gasteiger partial charge in [0.25, 0.3) is 5.91 Å². The second kappa shape index (κ2) is 5.78. The fourth-order valence-corrected chi connectivity index (χ4v) is 4.38. The number of thiophene rings is 2. The SMILES string of the molecule is N#Cc1c(NC(=O)c2cccs2)sc2c1CCCCC2. The number of fused-ring (bicyclic) bond motifs is 1. The minimum Gasteiger partial charge on any atom is -0.312 e. The fraction of sp³-hybridized carbons (Fsp3) is 0.333. The summed E-state index contributed by atoms with van der Waals surface area (Å²) in [6, 6.07) is 5.93. The first-order valence-electron chi connectivity index (χ1n) is 6.69. The van der Waals surface area contributed by atoms with Gasteiger partial charge in [-0.1, -0.05) is 12.5 Å². The number of hydrogen-bond acceptors (Lipinski definition) is 4. The molecule has 5 heteroatoms. The summed E-state index contributed by atoms with van der Waals surface area (Å²) in [4.78, 5) is 14.1. The van der Waals surface area contributed by atoms with Crippen molar-refractivity contribution in [3.63, 3.8) is 0 Å². The molecular weight excluding hydrogens is 288 g/mol. The van der Waals surface area contributed by atoms with Gasteiger partial charge < -0.3 is 5.32 Å². The van der Waals surface area contributed by atoms with E-state index in [9.17, 15) is 10.1 Å². The van der Waals surface area contributed by atoms with Crippen LogP contribution in [-0.2, 0) is 12.8 Å². The first kappa shape index (κ1) is 13.3. The zero-order valence-corrected chi connectivity index (χ0v) is 12.6. The molecule has 0 fully saturated rings. The maximum atomic E-state index is 12.1. The van der Waals surface area contributed by atoms with Gasteiger partial charge in [-0.2, -0.15) is 5.26 Å². The van der Waals surface area contributed by atoms with Crippen LogP contribution in [0.2, 0.25) is 0 Å². The van der Waals surface area contributed by atoms with Crippen molar-refractivity contribution >= 4 is 33.6 Å². The topological polar surface area (TPSA) is 52.9 Å². The number of carbonyl (C=O) groups excluding carboxylic acids is 1. The van der Waals surface area contributed by atoms with Gasteiger partial charge in [0.2, 0.25) is 0 Å². The van der Waals surface area contributed by atoms with Crippen LogP contribution in [0, 0.1) is 11.3 Å². The Morgan fingerprint density at radius 1 is 1.30 bits per heavy atom. The Balaban J connectivity index is 1.90. The van der Waals surface area contributed by atoms with E-state index in [4.69, 9.17) is 0 Å². The molecule has 102 valence electrons. The highest BCUT2D eigenvalue weighted by atomic mass is 32.1. The van der Waals surface area contributed by atoms with E-state index in [0.29, 0.717) is 10.4 Å². The van der Waals surface area contributed by atoms with Crippen LogP contribution < -0.4 is 5.32 Å². The third-order valence-electron chi connectivity index (χ3n) is 3.51. The van der Waals surface area contributed by atoms with Gasteiger partial charge in [-0.15, -0.1) is 22.7 Å². The number of hydrogen-bond donors (Lipinski definition) is 1. The summed E-state index contributed by atoms with van der Waals surface area (Å²) < 4.78 is 0. The molecule has 0 saturated carbocycles. The Labute approximate surface area is 125 Å². The van der Waals surface area contributed by atoms with Crippen LogP contribution in [-0.4, -0.2) is 5.91 Å². The predicted molar refractivity (Wildman–Crippen MR) is 82.6 cm³/mol. The van der Waals surface area contributed by atoms with E-state index in [-0.39, 0.29) is 5.91 Å². The molecule has 0 bridgehead atoms. The molecule has 1 aliphatic rings. The van der Waals surface area contributed by atoms with Crippen LogP contribution >= 0.6 is 22.7 Å². The van der Waals surface area contributed by atoms with Crippen molar-refractivity contribution in [2.75, 3.05) is 5.32 Å². The number of nitrogens with one attached hydrogen (secondary N) is 1. The van der Waals surface area contributed by atoms with Crippen molar-refractivity contribution in [2.45, 2.75) is 32.1 Å². The summed E-state index contributed by atoms with van der Waals surface area (Å²) in [6.07, 6.45) is 5.53. The molecule has 2 aromatic rings. The number of rotatable bonds is 2. The second-order valence-corrected chi connectivity index (χ2v) is 6.86. The molecule has 0 radical (unpaired) electrons. The molecule has 2 aromatic heterocycles. The van der Waals surface area contributed by atoms with Crippen molar-refractivity contribution in [1.82, 2.24) is 0 Å². The summed E-state index contributed by atoms with van der Waals surface area (Å²) >= 11 is 2.99. The Morgan fingerprint density at radius 2 is 2.15 bits per heavy atom. The molecule has 0 aliphatic heterocycles. The normalized spacial score (nSPS) is 14.2. The average Bonchev–Trinajstić information content (AvgIpc) is 3.02. The van der Waals surface area contributed by atoms with Crippen molar-refractivity contribution in [1.29, 1.82) is 5.26 Å². The molecule has 1 N–H and O–H groups in total. The average molecular weight is 302 g/mol. The first-order valence-corrected chi connectivity index (χ1v) is 8.38. The molecule has 0 unspecified atom stereocenters. The maximum absolute atomic E-state index is 12.1. The molecule has 3 rings (SSSR count). The summed E-state index contributed by atoms with van der Waals surface area (Å²) in [7, 11) is 0. The van der Waals surface area contributed by atoms with Gasteiger partial charge in [-0.25, -0.2) is 0 Å². The lowest BCUT2D eigenvalue weighted by Gasteiger charge is -2.02. The Kier molecular flexibility index (Phi) is 3.86. The largest absolute Gasteiger partial charge is 0.312 e. The lowest BCUT2D eigenvalue weighted by atomic mass is 10.1. The number of nitriles is 1. The Morgan fingerprint density at radius 3 is 2.90 bits per heavy atom. The van der Waals surface area contributed by atoms with E-state index in [1.54, 1.807) is 17.4 Å². The van der Waals surface area contributed by atoms with E-state index in [2.05, 4.69) is 11.4 Å². The van der Waals surface area contributed by atoms with E-state index in [1.165, 1.54) is 29.1 Å². The minimum absolute atomic E-state index is 0.118. The Hall–Kier alpha value is -1.64. The molecular formula is C15H14N2OS2. The number of carbonyl (C=O) groups is 1. The van der Waals surface area contributed by atoms with Crippen LogP contribution in [0.25, 0.3) is 0 Å². The summed E-state index contributed by atoms with van der Waals surface area (Å²) in [5.74, 6) is -0.118. The lowest BCUT2D eigenvalue weighted by Crippen LogP contribution is -2.09. The van der Waals surface area contributed by atoms with Gasteiger partial charge >= 0.3 is 0 Å². The fourth-order valence-electron chi connectivity index (χ4n) is 2.52. The molecule has 0 aromatic carbocycles. The quantitative estimate of drug-likeness (QED) is 0.845. The van der Waals surface area contributed by atoms with E-state index in [0.717, 1.165) is 29.8 Å². The minimum atomic E-state index is -0.118. The van der Waals surface area contributed by atoms with Crippen LogP contribution in [0.5, 0.6) is 0 Å². The number of anilines is 1. The van der Waals surface area contributed by atoms with Gasteiger partial charge in [-0.3, -0.25) is 4.79 Å². The highest BCUT2D eigenvalue weighted by Gasteiger charge is 2.21. The van der Waals surface area contributed by atoms with Crippen molar-refractivity contribution in [3.05, 3.63) is 38.4 Å². The zero-order chi connectivity index (χ0) is 13.9. The first-order chi connectivity index (χ1) is 9.79. The van der Waals surface area contributed by atoms with Crippen LogP contribution in [0.1, 0.15) is 44.9 Å². The molecule has 2 heterocycles. The van der Waals surface area contributed by atoms with Crippen molar-refractivity contribution in [3.8, 4) is 6.07 Å². The molecule has 0 spiro atoms. The molecule has 20 heavy (non-hydrogen) atoms. The van der Waals surface area contributed by atoms with Crippen molar-refractivity contribution < 1.29 is 4.79 Å². The highest BCUT2D eigenvalue weighted by Crippen LogP contribution is 2.37. The highest BCUT2D eigenvalue weighted by molar-refractivity contribution is 7.17. The molecule has 1 amide bonds. The number of nitrogens with zero attached hydrogens (tertiary/aromatic N) is 1. The van der Waals surface area contributed by atoms with E-state index >= 15 is 0 Å². The molecule has 1 aliphatic carbocycles. The van der Waals surface area contributed by atoms with Gasteiger partial charge in [0, 0.05) is 4.88 Å². The van der Waals surface area contributed by atoms with E-state index < -0.39 is 0 Å². The van der Waals surface area contributed by atoms with Gasteiger partial charge in [0.1, 0.15) is 11.1 Å². The van der Waals surface area contributed by atoms with Gasteiger partial charge in [-0.05, 0) is 42.7 Å². The number of aryl methyl sites for hydroxylation is 1. The van der Waals surface area contributed by atoms with Gasteiger partial charge in [0.05, 0.1) is 10.4 Å². The monoisotopic (exact) mass is 302 g/mol. The lowest BCUT2D eigenvalue weighted by molar-refractivity contribution is 0.103. The van der Waals surface area contributed by atoms with E-state index in [1.807, 2.05) is 11.4 Å². The predicted octanol–water partition coefficient (Wildman–Crippen LogP) is 4.20. The number of amides is 1.